The maximum atomic E-state index is 12.8. The van der Waals surface area contributed by atoms with Gasteiger partial charge in [-0.1, -0.05) is 0 Å². The SMILES string of the molecule is N#CCOc1ccc(F)cc1CCN. The topological polar surface area (TPSA) is 59.0 Å². The van der Waals surface area contributed by atoms with Gasteiger partial charge in [-0.2, -0.15) is 5.26 Å². The Morgan fingerprint density at radius 2 is 2.29 bits per heavy atom. The van der Waals surface area contributed by atoms with Crippen molar-refractivity contribution in [3.8, 4) is 11.8 Å². The van der Waals surface area contributed by atoms with E-state index in [1.54, 1.807) is 0 Å². The van der Waals surface area contributed by atoms with Crippen LogP contribution in [0.1, 0.15) is 5.56 Å². The molecule has 0 atom stereocenters. The lowest BCUT2D eigenvalue weighted by Crippen LogP contribution is -2.06. The van der Waals surface area contributed by atoms with E-state index in [-0.39, 0.29) is 12.4 Å². The molecular formula is C10H11FN2O. The molecule has 1 aromatic rings. The Morgan fingerprint density at radius 1 is 1.50 bits per heavy atom. The molecule has 14 heavy (non-hydrogen) atoms. The molecule has 0 fully saturated rings. The first-order chi connectivity index (χ1) is 6.77. The van der Waals surface area contributed by atoms with E-state index in [0.717, 1.165) is 0 Å². The van der Waals surface area contributed by atoms with Crippen LogP contribution < -0.4 is 10.5 Å². The quantitative estimate of drug-likeness (QED) is 0.784. The monoisotopic (exact) mass is 194 g/mol. The second kappa shape index (κ2) is 5.20. The van der Waals surface area contributed by atoms with E-state index in [9.17, 15) is 4.39 Å². The lowest BCUT2D eigenvalue weighted by atomic mass is 10.1. The summed E-state index contributed by atoms with van der Waals surface area (Å²) in [5.74, 6) is 0.205. The molecule has 0 spiro atoms. The number of benzene rings is 1. The number of nitrogens with two attached hydrogens (primary N) is 1. The van der Waals surface area contributed by atoms with Gasteiger partial charge in [-0.05, 0) is 36.7 Å². The number of rotatable bonds is 4. The third-order valence-electron chi connectivity index (χ3n) is 1.73. The second-order valence-electron chi connectivity index (χ2n) is 2.74. The molecular weight excluding hydrogens is 183 g/mol. The summed E-state index contributed by atoms with van der Waals surface area (Å²) in [6.07, 6.45) is 0.540. The summed E-state index contributed by atoms with van der Waals surface area (Å²) in [6, 6.07) is 6.04. The number of nitrogens with zero attached hydrogens (tertiary/aromatic N) is 1. The molecule has 74 valence electrons. The van der Waals surface area contributed by atoms with Crippen LogP contribution in [0.25, 0.3) is 0 Å². The molecule has 0 unspecified atom stereocenters. The van der Waals surface area contributed by atoms with Gasteiger partial charge >= 0.3 is 0 Å². The first kappa shape index (κ1) is 10.5. The lowest BCUT2D eigenvalue weighted by molar-refractivity contribution is 0.363. The smallest absolute Gasteiger partial charge is 0.174 e. The van der Waals surface area contributed by atoms with E-state index < -0.39 is 0 Å². The van der Waals surface area contributed by atoms with Crippen molar-refractivity contribution in [2.75, 3.05) is 13.2 Å². The highest BCUT2D eigenvalue weighted by molar-refractivity contribution is 5.34. The number of nitriles is 1. The normalized spacial score (nSPS) is 9.50. The maximum Gasteiger partial charge on any atom is 0.174 e. The zero-order chi connectivity index (χ0) is 10.4. The predicted octanol–water partition coefficient (Wildman–Crippen LogP) is 1.23. The summed E-state index contributed by atoms with van der Waals surface area (Å²) < 4.78 is 17.9. The number of hydrogen-bond donors (Lipinski definition) is 1. The molecule has 0 aliphatic heterocycles. The summed E-state index contributed by atoms with van der Waals surface area (Å²) in [7, 11) is 0. The van der Waals surface area contributed by atoms with Crippen molar-refractivity contribution < 1.29 is 9.13 Å². The van der Waals surface area contributed by atoms with Gasteiger partial charge < -0.3 is 10.5 Å². The Balaban J connectivity index is 2.85. The molecule has 3 nitrogen and oxygen atoms in total. The Morgan fingerprint density at radius 3 is 2.93 bits per heavy atom. The number of halogens is 1. The molecule has 0 heterocycles. The van der Waals surface area contributed by atoms with Crippen molar-refractivity contribution in [1.29, 1.82) is 5.26 Å². The van der Waals surface area contributed by atoms with Crippen LogP contribution in [0.2, 0.25) is 0 Å². The lowest BCUT2D eigenvalue weighted by Gasteiger charge is -2.07. The Kier molecular flexibility index (Phi) is 3.89. The third kappa shape index (κ3) is 2.71. The van der Waals surface area contributed by atoms with Crippen molar-refractivity contribution in [3.05, 3.63) is 29.6 Å². The van der Waals surface area contributed by atoms with Gasteiger partial charge in [0.05, 0.1) is 0 Å². The van der Waals surface area contributed by atoms with Crippen LogP contribution >= 0.6 is 0 Å². The van der Waals surface area contributed by atoms with Crippen LogP contribution in [-0.4, -0.2) is 13.2 Å². The summed E-state index contributed by atoms with van der Waals surface area (Å²) in [6.45, 7) is 0.384. The van der Waals surface area contributed by atoms with Crippen LogP contribution in [-0.2, 0) is 6.42 Å². The fourth-order valence-electron chi connectivity index (χ4n) is 1.15. The Labute approximate surface area is 81.9 Å². The van der Waals surface area contributed by atoms with Crippen LogP contribution in [0.5, 0.6) is 5.75 Å². The first-order valence-corrected chi connectivity index (χ1v) is 4.26. The summed E-state index contributed by atoms with van der Waals surface area (Å²) >= 11 is 0. The van der Waals surface area contributed by atoms with Crippen LogP contribution in [0.3, 0.4) is 0 Å². The molecule has 2 N–H and O–H groups in total. The van der Waals surface area contributed by atoms with E-state index in [4.69, 9.17) is 15.7 Å². The predicted molar refractivity (Wildman–Crippen MR) is 50.3 cm³/mol. The van der Waals surface area contributed by atoms with Crippen LogP contribution in [0, 0.1) is 17.1 Å². The van der Waals surface area contributed by atoms with Crippen molar-refractivity contribution in [2.45, 2.75) is 6.42 Å². The van der Waals surface area contributed by atoms with Gasteiger partial charge in [0, 0.05) is 0 Å². The third-order valence-corrected chi connectivity index (χ3v) is 1.73. The molecule has 0 amide bonds. The second-order valence-corrected chi connectivity index (χ2v) is 2.74. The molecule has 0 bridgehead atoms. The maximum absolute atomic E-state index is 12.8. The number of ether oxygens (including phenoxy) is 1. The molecule has 0 aromatic heterocycles. The Bertz CT molecular complexity index is 346. The molecule has 0 aliphatic carbocycles. The van der Waals surface area contributed by atoms with E-state index in [2.05, 4.69) is 0 Å². The molecule has 0 saturated heterocycles. The van der Waals surface area contributed by atoms with E-state index in [0.29, 0.717) is 24.3 Å². The van der Waals surface area contributed by atoms with E-state index >= 15 is 0 Å². The number of hydrogen-bond acceptors (Lipinski definition) is 3. The summed E-state index contributed by atoms with van der Waals surface area (Å²) in [4.78, 5) is 0. The molecule has 0 radical (unpaired) electrons. The van der Waals surface area contributed by atoms with Gasteiger partial charge in [0.2, 0.25) is 0 Å². The Hall–Kier alpha value is -1.60. The summed E-state index contributed by atoms with van der Waals surface area (Å²) in [5, 5.41) is 8.33. The van der Waals surface area contributed by atoms with E-state index in [1.807, 2.05) is 6.07 Å². The van der Waals surface area contributed by atoms with Crippen LogP contribution in [0.4, 0.5) is 4.39 Å². The van der Waals surface area contributed by atoms with Gasteiger partial charge in [0.1, 0.15) is 17.6 Å². The minimum absolute atomic E-state index is 0.0385. The molecule has 4 heteroatoms. The minimum atomic E-state index is -0.322. The highest BCUT2D eigenvalue weighted by Crippen LogP contribution is 2.19. The largest absolute Gasteiger partial charge is 0.478 e. The zero-order valence-corrected chi connectivity index (χ0v) is 7.66. The average Bonchev–Trinajstić information content (AvgIpc) is 2.17. The highest BCUT2D eigenvalue weighted by Gasteiger charge is 2.04. The molecule has 1 aromatic carbocycles. The molecule has 1 rings (SSSR count). The van der Waals surface area contributed by atoms with Gasteiger partial charge in [0.15, 0.2) is 6.61 Å². The van der Waals surface area contributed by atoms with Gasteiger partial charge in [-0.3, -0.25) is 0 Å². The van der Waals surface area contributed by atoms with Gasteiger partial charge in [-0.15, -0.1) is 0 Å². The van der Waals surface area contributed by atoms with Crippen molar-refractivity contribution >= 4 is 0 Å². The molecule has 0 aliphatic rings. The highest BCUT2D eigenvalue weighted by atomic mass is 19.1. The fraction of sp³-hybridized carbons (Fsp3) is 0.300. The zero-order valence-electron chi connectivity index (χ0n) is 7.66. The minimum Gasteiger partial charge on any atom is -0.478 e. The van der Waals surface area contributed by atoms with Crippen LogP contribution in [0.15, 0.2) is 18.2 Å². The van der Waals surface area contributed by atoms with E-state index in [1.165, 1.54) is 18.2 Å². The summed E-state index contributed by atoms with van der Waals surface area (Å²) in [5.41, 5.74) is 6.06. The van der Waals surface area contributed by atoms with Crippen molar-refractivity contribution in [2.24, 2.45) is 5.73 Å². The molecule has 0 saturated carbocycles. The first-order valence-electron chi connectivity index (χ1n) is 4.26. The average molecular weight is 194 g/mol. The van der Waals surface area contributed by atoms with Gasteiger partial charge in [-0.25, -0.2) is 4.39 Å². The van der Waals surface area contributed by atoms with Gasteiger partial charge in [0.25, 0.3) is 0 Å². The fourth-order valence-corrected chi connectivity index (χ4v) is 1.15. The standard InChI is InChI=1S/C10H11FN2O/c11-9-1-2-10(14-6-5-13)8(7-9)3-4-12/h1-2,7H,3-4,6,12H2. The van der Waals surface area contributed by atoms with Crippen molar-refractivity contribution in [1.82, 2.24) is 0 Å². The van der Waals surface area contributed by atoms with Crippen molar-refractivity contribution in [3.63, 3.8) is 0 Å².